The molecule has 1 aromatic heterocycles. The van der Waals surface area contributed by atoms with Crippen LogP contribution in [0.3, 0.4) is 0 Å². The van der Waals surface area contributed by atoms with Crippen molar-refractivity contribution in [2.45, 2.75) is 6.42 Å². The van der Waals surface area contributed by atoms with Gasteiger partial charge in [0.2, 0.25) is 0 Å². The van der Waals surface area contributed by atoms with E-state index in [4.69, 9.17) is 16.7 Å². The van der Waals surface area contributed by atoms with Gasteiger partial charge in [0.05, 0.1) is 12.1 Å². The van der Waals surface area contributed by atoms with Gasteiger partial charge in [0.15, 0.2) is 0 Å². The van der Waals surface area contributed by atoms with E-state index in [0.29, 0.717) is 16.8 Å². The highest BCUT2D eigenvalue weighted by Gasteiger charge is 2.09. The largest absolute Gasteiger partial charge is 0.481 e. The Morgan fingerprint density at radius 2 is 2.11 bits per heavy atom. The Balaban J connectivity index is 2.38. The SMILES string of the molecule is O=C(O)Cc1ccc(-c2cccc(F)c2)c(Cl)n1. The molecule has 0 atom stereocenters. The summed E-state index contributed by atoms with van der Waals surface area (Å²) in [5, 5.41) is 8.81. The number of hydrogen-bond donors (Lipinski definition) is 1. The van der Waals surface area contributed by atoms with Crippen LogP contribution in [0.4, 0.5) is 4.39 Å². The fourth-order valence-electron chi connectivity index (χ4n) is 1.60. The summed E-state index contributed by atoms with van der Waals surface area (Å²) in [6.45, 7) is 0. The predicted octanol–water partition coefficient (Wildman–Crippen LogP) is 3.17. The number of carboxylic acid groups (broad SMARTS) is 1. The lowest BCUT2D eigenvalue weighted by Gasteiger charge is -2.05. The normalized spacial score (nSPS) is 10.3. The maximum Gasteiger partial charge on any atom is 0.309 e. The van der Waals surface area contributed by atoms with Gasteiger partial charge in [0.1, 0.15) is 11.0 Å². The Labute approximate surface area is 108 Å². The van der Waals surface area contributed by atoms with Crippen molar-refractivity contribution in [2.75, 3.05) is 0 Å². The molecule has 0 amide bonds. The van der Waals surface area contributed by atoms with Crippen molar-refractivity contribution in [2.24, 2.45) is 0 Å². The lowest BCUT2D eigenvalue weighted by Crippen LogP contribution is -2.02. The summed E-state index contributed by atoms with van der Waals surface area (Å²) >= 11 is 5.97. The van der Waals surface area contributed by atoms with E-state index in [1.807, 2.05) is 0 Å². The summed E-state index contributed by atoms with van der Waals surface area (Å²) in [5.41, 5.74) is 1.55. The highest BCUT2D eigenvalue weighted by molar-refractivity contribution is 6.32. The maximum absolute atomic E-state index is 13.1. The molecule has 5 heteroatoms. The first-order chi connectivity index (χ1) is 8.56. The third kappa shape index (κ3) is 2.84. The molecule has 0 unspecified atom stereocenters. The van der Waals surface area contributed by atoms with Gasteiger partial charge in [-0.3, -0.25) is 4.79 Å². The summed E-state index contributed by atoms with van der Waals surface area (Å²) in [7, 11) is 0. The molecule has 1 aromatic carbocycles. The number of aromatic nitrogens is 1. The lowest BCUT2D eigenvalue weighted by molar-refractivity contribution is -0.136. The predicted molar refractivity (Wildman–Crippen MR) is 66.0 cm³/mol. The molecule has 0 saturated heterocycles. The number of benzene rings is 1. The number of nitrogens with zero attached hydrogens (tertiary/aromatic N) is 1. The van der Waals surface area contributed by atoms with Crippen molar-refractivity contribution in [1.29, 1.82) is 0 Å². The fourth-order valence-corrected chi connectivity index (χ4v) is 1.88. The topological polar surface area (TPSA) is 50.2 Å². The van der Waals surface area contributed by atoms with E-state index >= 15 is 0 Å². The Bertz CT molecular complexity index is 601. The number of rotatable bonds is 3. The van der Waals surface area contributed by atoms with E-state index in [0.717, 1.165) is 0 Å². The van der Waals surface area contributed by atoms with Crippen molar-refractivity contribution >= 4 is 17.6 Å². The molecule has 2 rings (SSSR count). The van der Waals surface area contributed by atoms with E-state index < -0.39 is 5.97 Å². The molecule has 0 bridgehead atoms. The van der Waals surface area contributed by atoms with Gasteiger partial charge in [-0.15, -0.1) is 0 Å². The molecule has 2 aromatic rings. The zero-order chi connectivity index (χ0) is 13.1. The van der Waals surface area contributed by atoms with Crippen molar-refractivity contribution < 1.29 is 14.3 Å². The summed E-state index contributed by atoms with van der Waals surface area (Å²) in [6, 6.07) is 9.18. The minimum Gasteiger partial charge on any atom is -0.481 e. The van der Waals surface area contributed by atoms with E-state index in [9.17, 15) is 9.18 Å². The number of hydrogen-bond acceptors (Lipinski definition) is 2. The second-order valence-electron chi connectivity index (χ2n) is 3.72. The molecule has 1 heterocycles. The standard InChI is InChI=1S/C13H9ClFNO2/c14-13-11(8-2-1-3-9(15)6-8)5-4-10(16-13)7-12(17)18/h1-6H,7H2,(H,17,18). The van der Waals surface area contributed by atoms with Gasteiger partial charge in [-0.1, -0.05) is 23.7 Å². The molecule has 1 N–H and O–H groups in total. The van der Waals surface area contributed by atoms with Crippen LogP contribution < -0.4 is 0 Å². The third-order valence-corrected chi connectivity index (χ3v) is 2.66. The summed E-state index contributed by atoms with van der Waals surface area (Å²) < 4.78 is 13.1. The number of halogens is 2. The Kier molecular flexibility index (Phi) is 3.58. The summed E-state index contributed by atoms with van der Waals surface area (Å²) in [5.74, 6) is -1.34. The highest BCUT2D eigenvalue weighted by Crippen LogP contribution is 2.27. The first kappa shape index (κ1) is 12.5. The van der Waals surface area contributed by atoms with Gasteiger partial charge in [-0.2, -0.15) is 0 Å². The summed E-state index contributed by atoms with van der Waals surface area (Å²) in [6.07, 6.45) is -0.191. The van der Waals surface area contributed by atoms with E-state index in [-0.39, 0.29) is 17.4 Å². The Hall–Kier alpha value is -1.94. The van der Waals surface area contributed by atoms with Gasteiger partial charge in [-0.05, 0) is 29.8 Å². The zero-order valence-corrected chi connectivity index (χ0v) is 9.99. The highest BCUT2D eigenvalue weighted by atomic mass is 35.5. The second kappa shape index (κ2) is 5.14. The van der Waals surface area contributed by atoms with Crippen LogP contribution in [0.2, 0.25) is 5.15 Å². The molecule has 92 valence electrons. The number of pyridine rings is 1. The maximum atomic E-state index is 13.1. The molecular weight excluding hydrogens is 257 g/mol. The minimum atomic E-state index is -0.975. The van der Waals surface area contributed by atoms with Gasteiger partial charge in [0.25, 0.3) is 0 Å². The third-order valence-electron chi connectivity index (χ3n) is 2.37. The Morgan fingerprint density at radius 1 is 1.33 bits per heavy atom. The molecule has 0 spiro atoms. The molecule has 0 saturated carbocycles. The van der Waals surface area contributed by atoms with Crippen LogP contribution in [0.5, 0.6) is 0 Å². The molecule has 0 radical (unpaired) electrons. The zero-order valence-electron chi connectivity index (χ0n) is 9.23. The van der Waals surface area contributed by atoms with Gasteiger partial charge < -0.3 is 5.11 Å². The average molecular weight is 266 g/mol. The minimum absolute atomic E-state index is 0.166. The molecule has 0 aliphatic carbocycles. The monoisotopic (exact) mass is 265 g/mol. The van der Waals surface area contributed by atoms with Crippen LogP contribution in [0, 0.1) is 5.82 Å². The number of carboxylic acids is 1. The van der Waals surface area contributed by atoms with Crippen molar-refractivity contribution in [3.8, 4) is 11.1 Å². The quantitative estimate of drug-likeness (QED) is 0.867. The van der Waals surface area contributed by atoms with Crippen LogP contribution in [0.15, 0.2) is 36.4 Å². The fraction of sp³-hybridized carbons (Fsp3) is 0.0769. The smallest absolute Gasteiger partial charge is 0.309 e. The van der Waals surface area contributed by atoms with Crippen LogP contribution >= 0.6 is 11.6 Å². The van der Waals surface area contributed by atoms with Crippen LogP contribution in [-0.4, -0.2) is 16.1 Å². The number of aliphatic carboxylic acids is 1. The van der Waals surface area contributed by atoms with Crippen LogP contribution in [-0.2, 0) is 11.2 Å². The second-order valence-corrected chi connectivity index (χ2v) is 4.08. The van der Waals surface area contributed by atoms with Gasteiger partial charge in [0, 0.05) is 5.56 Å². The lowest BCUT2D eigenvalue weighted by atomic mass is 10.1. The van der Waals surface area contributed by atoms with Crippen LogP contribution in [0.1, 0.15) is 5.69 Å². The average Bonchev–Trinajstić information content (AvgIpc) is 2.28. The first-order valence-electron chi connectivity index (χ1n) is 5.19. The molecule has 0 fully saturated rings. The van der Waals surface area contributed by atoms with Crippen molar-refractivity contribution in [1.82, 2.24) is 4.98 Å². The molecule has 18 heavy (non-hydrogen) atoms. The van der Waals surface area contributed by atoms with Gasteiger partial charge in [-0.25, -0.2) is 9.37 Å². The molecule has 3 nitrogen and oxygen atoms in total. The molecule has 0 aliphatic heterocycles. The molecule has 0 aliphatic rings. The first-order valence-corrected chi connectivity index (χ1v) is 5.57. The molecular formula is C13H9ClFNO2. The van der Waals surface area contributed by atoms with Crippen molar-refractivity contribution in [3.63, 3.8) is 0 Å². The number of carbonyl (C=O) groups is 1. The summed E-state index contributed by atoms with van der Waals surface area (Å²) in [4.78, 5) is 14.5. The van der Waals surface area contributed by atoms with Gasteiger partial charge >= 0.3 is 5.97 Å². The Morgan fingerprint density at radius 3 is 2.72 bits per heavy atom. The van der Waals surface area contributed by atoms with E-state index in [1.165, 1.54) is 12.1 Å². The van der Waals surface area contributed by atoms with Crippen LogP contribution in [0.25, 0.3) is 11.1 Å². The van der Waals surface area contributed by atoms with E-state index in [1.54, 1.807) is 24.3 Å². The van der Waals surface area contributed by atoms with E-state index in [2.05, 4.69) is 4.98 Å². The van der Waals surface area contributed by atoms with Crippen molar-refractivity contribution in [3.05, 3.63) is 53.1 Å².